The van der Waals surface area contributed by atoms with Gasteiger partial charge in [-0.1, -0.05) is 18.2 Å². The summed E-state index contributed by atoms with van der Waals surface area (Å²) in [6.45, 7) is 3.04. The van der Waals surface area contributed by atoms with Crippen LogP contribution in [0.3, 0.4) is 0 Å². The minimum atomic E-state index is -0.376. The molecular formula is C18H17FN2O2. The van der Waals surface area contributed by atoms with Crippen molar-refractivity contribution in [2.75, 3.05) is 10.6 Å². The smallest absolute Gasteiger partial charge is 0.251 e. The first-order valence-electron chi connectivity index (χ1n) is 7.07. The largest absolute Gasteiger partial charge is 0.326 e. The van der Waals surface area contributed by atoms with Gasteiger partial charge in [-0.05, 0) is 43.3 Å². The number of rotatable bonds is 4. The van der Waals surface area contributed by atoms with Gasteiger partial charge in [0.25, 0.3) is 5.91 Å². The molecule has 2 amide bonds. The molecule has 0 bridgehead atoms. The van der Waals surface area contributed by atoms with E-state index in [4.69, 9.17) is 0 Å². The maximum Gasteiger partial charge on any atom is 0.251 e. The lowest BCUT2D eigenvalue weighted by Gasteiger charge is -2.07. The molecule has 0 saturated carbocycles. The van der Waals surface area contributed by atoms with E-state index < -0.39 is 0 Å². The molecule has 0 spiro atoms. The van der Waals surface area contributed by atoms with Gasteiger partial charge in [0, 0.05) is 29.4 Å². The molecule has 0 heterocycles. The monoisotopic (exact) mass is 312 g/mol. The third kappa shape index (κ3) is 4.78. The summed E-state index contributed by atoms with van der Waals surface area (Å²) in [5.74, 6) is -0.856. The Bertz CT molecular complexity index is 752. The van der Waals surface area contributed by atoms with E-state index in [0.717, 1.165) is 0 Å². The minimum absolute atomic E-state index is 0.162. The van der Waals surface area contributed by atoms with Crippen LogP contribution in [0.25, 0.3) is 6.08 Å². The molecular weight excluding hydrogens is 295 g/mol. The molecule has 0 aliphatic rings. The molecule has 2 rings (SSSR count). The SMILES string of the molecule is CC(=O)Nc1ccc(NC(=O)/C(C)=C/c2ccccc2F)cc1. The molecule has 0 radical (unpaired) electrons. The number of nitrogens with one attached hydrogen (secondary N) is 2. The van der Waals surface area contributed by atoms with Crippen LogP contribution in [0.5, 0.6) is 0 Å². The van der Waals surface area contributed by atoms with Crippen molar-refractivity contribution < 1.29 is 14.0 Å². The Morgan fingerprint density at radius 1 is 0.913 bits per heavy atom. The molecule has 2 N–H and O–H groups in total. The fourth-order valence-electron chi connectivity index (χ4n) is 1.96. The molecule has 23 heavy (non-hydrogen) atoms. The Labute approximate surface area is 134 Å². The number of carbonyl (C=O) groups is 2. The van der Waals surface area contributed by atoms with Crippen LogP contribution >= 0.6 is 0 Å². The van der Waals surface area contributed by atoms with Gasteiger partial charge in [0.15, 0.2) is 0 Å². The van der Waals surface area contributed by atoms with Gasteiger partial charge in [-0.2, -0.15) is 0 Å². The predicted molar refractivity (Wildman–Crippen MR) is 89.4 cm³/mol. The second kappa shape index (κ2) is 7.35. The van der Waals surface area contributed by atoms with Crippen molar-refractivity contribution in [3.63, 3.8) is 0 Å². The highest BCUT2D eigenvalue weighted by Crippen LogP contribution is 2.16. The first-order valence-corrected chi connectivity index (χ1v) is 7.07. The van der Waals surface area contributed by atoms with E-state index >= 15 is 0 Å². The van der Waals surface area contributed by atoms with E-state index in [1.807, 2.05) is 0 Å². The Balaban J connectivity index is 2.06. The Morgan fingerprint density at radius 2 is 1.48 bits per heavy atom. The second-order valence-corrected chi connectivity index (χ2v) is 5.06. The quantitative estimate of drug-likeness (QED) is 0.843. The third-order valence-corrected chi connectivity index (χ3v) is 3.10. The average Bonchev–Trinajstić information content (AvgIpc) is 2.51. The summed E-state index contributed by atoms with van der Waals surface area (Å²) in [5.41, 5.74) is 1.99. The normalized spacial score (nSPS) is 11.0. The van der Waals surface area contributed by atoms with Crippen LogP contribution in [0, 0.1) is 5.82 Å². The number of benzene rings is 2. The molecule has 0 aromatic heterocycles. The fraction of sp³-hybridized carbons (Fsp3) is 0.111. The number of amides is 2. The van der Waals surface area contributed by atoms with E-state index in [0.29, 0.717) is 22.5 Å². The highest BCUT2D eigenvalue weighted by Gasteiger charge is 2.07. The van der Waals surface area contributed by atoms with Gasteiger partial charge in [-0.3, -0.25) is 9.59 Å². The molecule has 118 valence electrons. The van der Waals surface area contributed by atoms with Crippen molar-refractivity contribution in [2.45, 2.75) is 13.8 Å². The van der Waals surface area contributed by atoms with Gasteiger partial charge in [-0.25, -0.2) is 4.39 Å². The molecule has 4 nitrogen and oxygen atoms in total. The summed E-state index contributed by atoms with van der Waals surface area (Å²) in [4.78, 5) is 23.1. The van der Waals surface area contributed by atoms with Crippen LogP contribution in [0.4, 0.5) is 15.8 Å². The summed E-state index contributed by atoms with van der Waals surface area (Å²) in [7, 11) is 0. The number of carbonyl (C=O) groups excluding carboxylic acids is 2. The van der Waals surface area contributed by atoms with Crippen molar-refractivity contribution in [1.82, 2.24) is 0 Å². The number of hydrogen-bond donors (Lipinski definition) is 2. The van der Waals surface area contributed by atoms with Gasteiger partial charge >= 0.3 is 0 Å². The zero-order valence-corrected chi connectivity index (χ0v) is 12.9. The van der Waals surface area contributed by atoms with Gasteiger partial charge in [-0.15, -0.1) is 0 Å². The summed E-state index contributed by atoms with van der Waals surface area (Å²) >= 11 is 0. The Morgan fingerprint density at radius 3 is 2.04 bits per heavy atom. The van der Waals surface area contributed by atoms with Crippen molar-refractivity contribution in [3.05, 3.63) is 65.5 Å². The fourth-order valence-corrected chi connectivity index (χ4v) is 1.96. The minimum Gasteiger partial charge on any atom is -0.326 e. The van der Waals surface area contributed by atoms with Gasteiger partial charge in [0.05, 0.1) is 0 Å². The lowest BCUT2D eigenvalue weighted by atomic mass is 10.1. The molecule has 2 aromatic rings. The summed E-state index contributed by atoms with van der Waals surface area (Å²) in [6, 6.07) is 13.0. The van der Waals surface area contributed by atoms with Crippen LogP contribution in [-0.4, -0.2) is 11.8 Å². The van der Waals surface area contributed by atoms with E-state index in [-0.39, 0.29) is 17.6 Å². The molecule has 2 aromatic carbocycles. The first kappa shape index (κ1) is 16.4. The van der Waals surface area contributed by atoms with Crippen LogP contribution in [0.1, 0.15) is 19.4 Å². The van der Waals surface area contributed by atoms with E-state index in [9.17, 15) is 14.0 Å². The predicted octanol–water partition coefficient (Wildman–Crippen LogP) is 3.83. The van der Waals surface area contributed by atoms with Crippen molar-refractivity contribution in [1.29, 1.82) is 0 Å². The number of halogens is 1. The first-order chi connectivity index (χ1) is 11.0. The summed E-state index contributed by atoms with van der Waals surface area (Å²) in [5, 5.41) is 5.36. The average molecular weight is 312 g/mol. The third-order valence-electron chi connectivity index (χ3n) is 3.10. The molecule has 0 aliphatic heterocycles. The Hall–Kier alpha value is -2.95. The van der Waals surface area contributed by atoms with Crippen molar-refractivity contribution >= 4 is 29.3 Å². The molecule has 0 unspecified atom stereocenters. The lowest BCUT2D eigenvalue weighted by Crippen LogP contribution is -2.12. The highest BCUT2D eigenvalue weighted by atomic mass is 19.1. The number of anilines is 2. The van der Waals surface area contributed by atoms with Crippen LogP contribution < -0.4 is 10.6 Å². The van der Waals surface area contributed by atoms with Crippen LogP contribution in [0.15, 0.2) is 54.1 Å². The second-order valence-electron chi connectivity index (χ2n) is 5.06. The van der Waals surface area contributed by atoms with Crippen molar-refractivity contribution in [3.8, 4) is 0 Å². The lowest BCUT2D eigenvalue weighted by molar-refractivity contribution is -0.114. The molecule has 5 heteroatoms. The van der Waals surface area contributed by atoms with E-state index in [1.165, 1.54) is 19.1 Å². The number of hydrogen-bond acceptors (Lipinski definition) is 2. The van der Waals surface area contributed by atoms with Gasteiger partial charge in [0.2, 0.25) is 5.91 Å². The van der Waals surface area contributed by atoms with Crippen LogP contribution in [0.2, 0.25) is 0 Å². The van der Waals surface area contributed by atoms with Gasteiger partial charge < -0.3 is 10.6 Å². The topological polar surface area (TPSA) is 58.2 Å². The standard InChI is InChI=1S/C18H17FN2O2/c1-12(11-14-5-3-4-6-17(14)19)18(23)21-16-9-7-15(8-10-16)20-13(2)22/h3-11H,1-2H3,(H,20,22)(H,21,23)/b12-11+. The molecule has 0 aliphatic carbocycles. The zero-order chi connectivity index (χ0) is 16.8. The zero-order valence-electron chi connectivity index (χ0n) is 12.9. The Kier molecular flexibility index (Phi) is 5.25. The highest BCUT2D eigenvalue weighted by molar-refractivity contribution is 6.06. The van der Waals surface area contributed by atoms with E-state index in [2.05, 4.69) is 10.6 Å². The summed E-state index contributed by atoms with van der Waals surface area (Å²) in [6.07, 6.45) is 1.50. The summed E-state index contributed by atoms with van der Waals surface area (Å²) < 4.78 is 13.6. The van der Waals surface area contributed by atoms with Gasteiger partial charge in [0.1, 0.15) is 5.82 Å². The maximum atomic E-state index is 13.6. The van der Waals surface area contributed by atoms with Crippen LogP contribution in [-0.2, 0) is 9.59 Å². The molecule has 0 saturated heterocycles. The maximum absolute atomic E-state index is 13.6. The van der Waals surface area contributed by atoms with E-state index in [1.54, 1.807) is 49.4 Å². The van der Waals surface area contributed by atoms with Crippen molar-refractivity contribution in [2.24, 2.45) is 0 Å². The molecule has 0 atom stereocenters. The molecule has 0 fully saturated rings.